The Kier molecular flexibility index (Phi) is 5.02. The van der Waals surface area contributed by atoms with Crippen LogP contribution in [0.1, 0.15) is 6.42 Å². The second kappa shape index (κ2) is 7.40. The number of nitro benzene ring substituents is 1. The number of benzene rings is 2. The van der Waals surface area contributed by atoms with E-state index in [0.29, 0.717) is 11.4 Å². The first kappa shape index (κ1) is 18.3. The largest absolute Gasteiger partial charge is 0.497 e. The summed E-state index contributed by atoms with van der Waals surface area (Å²) in [6.07, 6.45) is -0.0407. The zero-order chi connectivity index (χ0) is 19.6. The smallest absolute Gasteiger partial charge is 0.293 e. The summed E-state index contributed by atoms with van der Waals surface area (Å²) in [5, 5.41) is 13.7. The predicted molar refractivity (Wildman–Crippen MR) is 95.1 cm³/mol. The average molecular weight is 373 g/mol. The molecule has 0 aromatic heterocycles. The molecule has 1 saturated heterocycles. The molecule has 0 saturated carbocycles. The maximum Gasteiger partial charge on any atom is 0.293 e. The van der Waals surface area contributed by atoms with E-state index >= 15 is 0 Å². The molecule has 2 aromatic rings. The molecule has 1 N–H and O–H groups in total. The first-order chi connectivity index (χ1) is 12.9. The van der Waals surface area contributed by atoms with Crippen molar-refractivity contribution in [1.29, 1.82) is 0 Å². The molecule has 1 fully saturated rings. The number of hydrogen-bond acceptors (Lipinski definition) is 5. The Labute approximate surface area is 153 Å². The summed E-state index contributed by atoms with van der Waals surface area (Å²) in [4.78, 5) is 36.7. The maximum atomic E-state index is 13.1. The van der Waals surface area contributed by atoms with Gasteiger partial charge in [-0.1, -0.05) is 0 Å². The Balaban J connectivity index is 1.77. The molecule has 140 valence electrons. The summed E-state index contributed by atoms with van der Waals surface area (Å²) in [5.41, 5.74) is 0.213. The van der Waals surface area contributed by atoms with Crippen LogP contribution in [0.3, 0.4) is 0 Å². The second-order valence-corrected chi connectivity index (χ2v) is 6.01. The Morgan fingerprint density at radius 1 is 1.30 bits per heavy atom. The summed E-state index contributed by atoms with van der Waals surface area (Å²) in [5.74, 6) is -1.55. The van der Waals surface area contributed by atoms with E-state index in [9.17, 15) is 24.1 Å². The van der Waals surface area contributed by atoms with Crippen molar-refractivity contribution < 1.29 is 23.6 Å². The van der Waals surface area contributed by atoms with E-state index in [1.54, 1.807) is 0 Å². The minimum atomic E-state index is -0.687. The molecule has 0 spiro atoms. The zero-order valence-corrected chi connectivity index (χ0v) is 14.3. The predicted octanol–water partition coefficient (Wildman–Crippen LogP) is 2.73. The number of hydrogen-bond donors (Lipinski definition) is 1. The van der Waals surface area contributed by atoms with Crippen molar-refractivity contribution in [3.63, 3.8) is 0 Å². The maximum absolute atomic E-state index is 13.1. The molecule has 1 atom stereocenters. The van der Waals surface area contributed by atoms with Crippen LogP contribution in [0.4, 0.5) is 21.5 Å². The third kappa shape index (κ3) is 3.86. The number of methoxy groups -OCH3 is 1. The number of carbonyl (C=O) groups is 2. The molecule has 3 rings (SSSR count). The van der Waals surface area contributed by atoms with Crippen LogP contribution in [-0.2, 0) is 9.59 Å². The molecule has 1 heterocycles. The topological polar surface area (TPSA) is 102 Å². The molecule has 2 amide bonds. The molecule has 0 radical (unpaired) electrons. The van der Waals surface area contributed by atoms with Gasteiger partial charge in [0.25, 0.3) is 5.69 Å². The monoisotopic (exact) mass is 373 g/mol. The number of carbonyl (C=O) groups excluding carboxylic acids is 2. The van der Waals surface area contributed by atoms with Crippen molar-refractivity contribution in [3.8, 4) is 5.75 Å². The van der Waals surface area contributed by atoms with Crippen LogP contribution in [0.25, 0.3) is 0 Å². The lowest BCUT2D eigenvalue weighted by Gasteiger charge is -2.16. The molecule has 1 aliphatic heterocycles. The van der Waals surface area contributed by atoms with Crippen LogP contribution < -0.4 is 15.0 Å². The fraction of sp³-hybridized carbons (Fsp3) is 0.222. The van der Waals surface area contributed by atoms with Crippen LogP contribution >= 0.6 is 0 Å². The van der Waals surface area contributed by atoms with Crippen LogP contribution in [-0.4, -0.2) is 30.4 Å². The minimum absolute atomic E-state index is 0.00275. The molecular formula is C18H16FN3O5. The van der Waals surface area contributed by atoms with Gasteiger partial charge in [-0.05, 0) is 30.3 Å². The van der Waals surface area contributed by atoms with Crippen LogP contribution in [0.15, 0.2) is 42.5 Å². The number of nitro groups is 1. The van der Waals surface area contributed by atoms with Gasteiger partial charge in [-0.2, -0.15) is 0 Å². The molecule has 9 heteroatoms. The Morgan fingerprint density at radius 3 is 2.63 bits per heavy atom. The van der Waals surface area contributed by atoms with Crippen LogP contribution in [0, 0.1) is 21.8 Å². The summed E-state index contributed by atoms with van der Waals surface area (Å²) < 4.78 is 18.1. The second-order valence-electron chi connectivity index (χ2n) is 6.01. The van der Waals surface area contributed by atoms with Gasteiger partial charge in [0.05, 0.1) is 18.0 Å². The average Bonchev–Trinajstić information content (AvgIpc) is 3.04. The van der Waals surface area contributed by atoms with Crippen LogP contribution in [0.5, 0.6) is 5.75 Å². The van der Waals surface area contributed by atoms with Gasteiger partial charge in [-0.15, -0.1) is 0 Å². The summed E-state index contributed by atoms with van der Waals surface area (Å²) in [7, 11) is 1.41. The third-order valence-electron chi connectivity index (χ3n) is 4.29. The lowest BCUT2D eigenvalue weighted by Crippen LogP contribution is -2.28. The van der Waals surface area contributed by atoms with Crippen molar-refractivity contribution in [2.45, 2.75) is 6.42 Å². The van der Waals surface area contributed by atoms with Gasteiger partial charge in [-0.3, -0.25) is 19.7 Å². The van der Waals surface area contributed by atoms with Crippen molar-refractivity contribution in [2.24, 2.45) is 5.92 Å². The normalized spacial score (nSPS) is 16.3. The molecule has 0 unspecified atom stereocenters. The Hall–Kier alpha value is -3.49. The number of amides is 2. The SMILES string of the molecule is COc1ccc([N+](=O)[O-])c(NC(=O)[C@H]2CC(=O)N(c3ccc(F)cc3)C2)c1. The zero-order valence-electron chi connectivity index (χ0n) is 14.3. The summed E-state index contributed by atoms with van der Waals surface area (Å²) >= 11 is 0. The van der Waals surface area contributed by atoms with Gasteiger partial charge in [0.15, 0.2) is 0 Å². The van der Waals surface area contributed by atoms with Crippen molar-refractivity contribution in [1.82, 2.24) is 0 Å². The molecular weight excluding hydrogens is 357 g/mol. The van der Waals surface area contributed by atoms with Crippen LogP contribution in [0.2, 0.25) is 0 Å². The third-order valence-corrected chi connectivity index (χ3v) is 4.29. The number of anilines is 2. The van der Waals surface area contributed by atoms with Gasteiger partial charge >= 0.3 is 0 Å². The quantitative estimate of drug-likeness (QED) is 0.641. The van der Waals surface area contributed by atoms with E-state index in [-0.39, 0.29) is 30.2 Å². The Bertz CT molecular complexity index is 900. The van der Waals surface area contributed by atoms with Gasteiger partial charge in [0, 0.05) is 30.8 Å². The highest BCUT2D eigenvalue weighted by atomic mass is 19.1. The highest BCUT2D eigenvalue weighted by molar-refractivity contribution is 6.04. The molecule has 0 aliphatic carbocycles. The molecule has 1 aliphatic rings. The van der Waals surface area contributed by atoms with E-state index in [4.69, 9.17) is 4.74 Å². The number of nitrogens with one attached hydrogen (secondary N) is 1. The number of rotatable bonds is 5. The summed E-state index contributed by atoms with van der Waals surface area (Å²) in [6, 6.07) is 9.39. The standard InChI is InChI=1S/C18H16FN3O5/c1-27-14-6-7-16(22(25)26)15(9-14)20-18(24)11-8-17(23)21(10-11)13-4-2-12(19)3-5-13/h2-7,9,11H,8,10H2,1H3,(H,20,24)/t11-/m0/s1. The fourth-order valence-electron chi connectivity index (χ4n) is 2.89. The lowest BCUT2D eigenvalue weighted by molar-refractivity contribution is -0.383. The highest BCUT2D eigenvalue weighted by Gasteiger charge is 2.35. The van der Waals surface area contributed by atoms with Crippen molar-refractivity contribution in [3.05, 3.63) is 58.4 Å². The minimum Gasteiger partial charge on any atom is -0.497 e. The molecule has 2 aromatic carbocycles. The van der Waals surface area contributed by atoms with Gasteiger partial charge < -0.3 is 15.0 Å². The molecule has 0 bridgehead atoms. The number of ether oxygens (including phenoxy) is 1. The highest BCUT2D eigenvalue weighted by Crippen LogP contribution is 2.31. The number of nitrogens with zero attached hydrogens (tertiary/aromatic N) is 2. The van der Waals surface area contributed by atoms with E-state index in [1.807, 2.05) is 0 Å². The molecule has 8 nitrogen and oxygen atoms in total. The van der Waals surface area contributed by atoms with E-state index in [2.05, 4.69) is 5.32 Å². The van der Waals surface area contributed by atoms with Crippen molar-refractivity contribution >= 4 is 28.9 Å². The number of halogens is 1. The van der Waals surface area contributed by atoms with E-state index in [0.717, 1.165) is 0 Å². The first-order valence-corrected chi connectivity index (χ1v) is 8.08. The first-order valence-electron chi connectivity index (χ1n) is 8.08. The van der Waals surface area contributed by atoms with E-state index < -0.39 is 22.6 Å². The lowest BCUT2D eigenvalue weighted by atomic mass is 10.1. The summed E-state index contributed by atoms with van der Waals surface area (Å²) in [6.45, 7) is 0.105. The Morgan fingerprint density at radius 2 is 2.00 bits per heavy atom. The van der Waals surface area contributed by atoms with Gasteiger partial charge in [0.1, 0.15) is 17.3 Å². The van der Waals surface area contributed by atoms with E-state index in [1.165, 1.54) is 54.5 Å². The van der Waals surface area contributed by atoms with Gasteiger partial charge in [0.2, 0.25) is 11.8 Å². The molecule has 27 heavy (non-hydrogen) atoms. The fourth-order valence-corrected chi connectivity index (χ4v) is 2.89. The van der Waals surface area contributed by atoms with Crippen molar-refractivity contribution in [2.75, 3.05) is 23.9 Å². The van der Waals surface area contributed by atoms with Gasteiger partial charge in [-0.25, -0.2) is 4.39 Å².